The maximum atomic E-state index is 11.8. The lowest BCUT2D eigenvalue weighted by Gasteiger charge is -2.21. The van der Waals surface area contributed by atoms with Crippen LogP contribution in [0.15, 0.2) is 24.3 Å². The summed E-state index contributed by atoms with van der Waals surface area (Å²) >= 11 is 5.82. The number of hydrogen-bond donors (Lipinski definition) is 2. The van der Waals surface area contributed by atoms with Crippen LogP contribution in [0.5, 0.6) is 0 Å². The molecule has 0 atom stereocenters. The second-order valence-corrected chi connectivity index (χ2v) is 6.49. The Morgan fingerprint density at radius 3 is 2.29 bits per heavy atom. The fourth-order valence-electron chi connectivity index (χ4n) is 1.74. The molecule has 116 valence electrons. The highest BCUT2D eigenvalue weighted by Gasteiger charge is 2.16. The van der Waals surface area contributed by atoms with E-state index in [4.69, 9.17) is 11.6 Å². The van der Waals surface area contributed by atoms with Crippen molar-refractivity contribution in [3.05, 3.63) is 34.9 Å². The van der Waals surface area contributed by atoms with Crippen LogP contribution in [0.2, 0.25) is 5.02 Å². The van der Waals surface area contributed by atoms with Crippen molar-refractivity contribution in [3.63, 3.8) is 0 Å². The third-order valence-electron chi connectivity index (χ3n) is 2.52. The van der Waals surface area contributed by atoms with Crippen molar-refractivity contribution in [2.75, 3.05) is 13.6 Å². The summed E-state index contributed by atoms with van der Waals surface area (Å²) in [6.07, 6.45) is 0. The predicted molar refractivity (Wildman–Crippen MR) is 84.2 cm³/mol. The van der Waals surface area contributed by atoms with E-state index in [-0.39, 0.29) is 18.0 Å². The minimum Gasteiger partial charge on any atom is -0.333 e. The monoisotopic (exact) mass is 311 g/mol. The molecule has 0 fully saturated rings. The van der Waals surface area contributed by atoms with Crippen molar-refractivity contribution >= 4 is 23.5 Å². The van der Waals surface area contributed by atoms with Gasteiger partial charge in [-0.1, -0.05) is 23.7 Å². The fraction of sp³-hybridized carbons (Fsp3) is 0.467. The molecule has 3 amide bonds. The molecule has 0 saturated heterocycles. The summed E-state index contributed by atoms with van der Waals surface area (Å²) in [6, 6.07) is 6.95. The van der Waals surface area contributed by atoms with Gasteiger partial charge in [0.1, 0.15) is 0 Å². The number of carbonyl (C=O) groups excluding carboxylic acids is 2. The van der Waals surface area contributed by atoms with Crippen molar-refractivity contribution < 1.29 is 9.59 Å². The van der Waals surface area contributed by atoms with Crippen molar-refractivity contribution in [3.8, 4) is 0 Å². The van der Waals surface area contributed by atoms with E-state index >= 15 is 0 Å². The number of nitrogens with one attached hydrogen (secondary N) is 2. The molecule has 0 heterocycles. The number of carbonyl (C=O) groups is 2. The molecular weight excluding hydrogens is 290 g/mol. The summed E-state index contributed by atoms with van der Waals surface area (Å²) in [5.74, 6) is -0.340. The van der Waals surface area contributed by atoms with E-state index in [9.17, 15) is 9.59 Å². The average Bonchev–Trinajstić information content (AvgIpc) is 2.28. The van der Waals surface area contributed by atoms with Crippen molar-refractivity contribution in [1.82, 2.24) is 15.5 Å². The van der Waals surface area contributed by atoms with Gasteiger partial charge in [0.05, 0.1) is 6.54 Å². The number of amides is 3. The first-order valence-corrected chi connectivity index (χ1v) is 7.08. The van der Waals surface area contributed by atoms with Gasteiger partial charge < -0.3 is 5.32 Å². The van der Waals surface area contributed by atoms with Gasteiger partial charge in [-0.15, -0.1) is 0 Å². The van der Waals surface area contributed by atoms with Gasteiger partial charge in [0.2, 0.25) is 5.91 Å². The molecule has 1 aromatic rings. The number of hydrogen-bond acceptors (Lipinski definition) is 3. The largest absolute Gasteiger partial charge is 0.333 e. The number of rotatable bonds is 4. The Morgan fingerprint density at radius 2 is 1.76 bits per heavy atom. The van der Waals surface area contributed by atoms with Crippen LogP contribution >= 0.6 is 11.6 Å². The van der Waals surface area contributed by atoms with Crippen LogP contribution < -0.4 is 10.6 Å². The molecule has 1 aromatic carbocycles. The van der Waals surface area contributed by atoms with Gasteiger partial charge >= 0.3 is 6.03 Å². The molecule has 0 aliphatic carbocycles. The minimum absolute atomic E-state index is 0.139. The van der Waals surface area contributed by atoms with E-state index in [0.717, 1.165) is 5.56 Å². The number of likely N-dealkylation sites (N-methyl/N-ethyl adjacent to an activating group) is 1. The maximum absolute atomic E-state index is 11.8. The van der Waals surface area contributed by atoms with Crippen LogP contribution in [-0.4, -0.2) is 36.0 Å². The Hall–Kier alpha value is -1.59. The van der Waals surface area contributed by atoms with Gasteiger partial charge in [0.25, 0.3) is 0 Å². The van der Waals surface area contributed by atoms with Gasteiger partial charge in [-0.2, -0.15) is 0 Å². The lowest BCUT2D eigenvalue weighted by Crippen LogP contribution is -2.50. The molecule has 6 heteroatoms. The third-order valence-corrected chi connectivity index (χ3v) is 2.77. The molecule has 0 aliphatic rings. The van der Waals surface area contributed by atoms with E-state index in [1.807, 2.05) is 57.0 Å². The Bertz CT molecular complexity index is 495. The average molecular weight is 312 g/mol. The quantitative estimate of drug-likeness (QED) is 0.897. The van der Waals surface area contributed by atoms with Gasteiger partial charge in [-0.25, -0.2) is 4.79 Å². The molecule has 5 nitrogen and oxygen atoms in total. The number of benzene rings is 1. The number of nitrogens with zero attached hydrogens (tertiary/aromatic N) is 1. The minimum atomic E-state index is -0.479. The fourth-order valence-corrected chi connectivity index (χ4v) is 1.87. The van der Waals surface area contributed by atoms with Crippen LogP contribution in [-0.2, 0) is 11.3 Å². The molecule has 1 rings (SSSR count). The number of halogens is 1. The van der Waals surface area contributed by atoms with Gasteiger partial charge in [-0.05, 0) is 45.5 Å². The first kappa shape index (κ1) is 17.5. The lowest BCUT2D eigenvalue weighted by atomic mass is 10.1. The smallest absolute Gasteiger partial charge is 0.321 e. The first-order chi connectivity index (χ1) is 9.65. The van der Waals surface area contributed by atoms with Crippen LogP contribution in [0, 0.1) is 0 Å². The third kappa shape index (κ3) is 7.68. The van der Waals surface area contributed by atoms with Crippen LogP contribution in [0.25, 0.3) is 0 Å². The summed E-state index contributed by atoms with van der Waals surface area (Å²) in [5, 5.41) is 5.66. The van der Waals surface area contributed by atoms with Crippen LogP contribution in [0.3, 0.4) is 0 Å². The molecular formula is C15H22ClN3O2. The highest BCUT2D eigenvalue weighted by molar-refractivity contribution is 6.30. The second-order valence-electron chi connectivity index (χ2n) is 6.05. The van der Waals surface area contributed by atoms with E-state index in [0.29, 0.717) is 11.6 Å². The van der Waals surface area contributed by atoms with Crippen molar-refractivity contribution in [2.24, 2.45) is 0 Å². The Kier molecular flexibility index (Phi) is 6.18. The molecule has 0 unspecified atom stereocenters. The lowest BCUT2D eigenvalue weighted by molar-refractivity contribution is -0.121. The number of imide groups is 1. The summed E-state index contributed by atoms with van der Waals surface area (Å²) < 4.78 is 0. The summed E-state index contributed by atoms with van der Waals surface area (Å²) in [6.45, 7) is 6.29. The zero-order valence-electron chi connectivity index (χ0n) is 12.9. The molecule has 21 heavy (non-hydrogen) atoms. The van der Waals surface area contributed by atoms with Gasteiger partial charge in [0.15, 0.2) is 0 Å². The summed E-state index contributed by atoms with van der Waals surface area (Å²) in [5.41, 5.74) is 0.674. The first-order valence-electron chi connectivity index (χ1n) is 6.71. The molecule has 0 spiro atoms. The Labute approximate surface area is 130 Å². The number of urea groups is 1. The molecule has 0 aromatic heterocycles. The SMILES string of the molecule is CN(CC(=O)NC(=O)NC(C)(C)C)Cc1ccc(Cl)cc1. The predicted octanol–water partition coefficient (Wildman–Crippen LogP) is 2.40. The molecule has 0 aliphatic heterocycles. The maximum Gasteiger partial charge on any atom is 0.321 e. The topological polar surface area (TPSA) is 61.4 Å². The normalized spacial score (nSPS) is 11.3. The highest BCUT2D eigenvalue weighted by Crippen LogP contribution is 2.10. The van der Waals surface area contributed by atoms with Crippen LogP contribution in [0.1, 0.15) is 26.3 Å². The highest BCUT2D eigenvalue weighted by atomic mass is 35.5. The zero-order valence-corrected chi connectivity index (χ0v) is 13.6. The van der Waals surface area contributed by atoms with E-state index in [1.165, 1.54) is 0 Å². The Morgan fingerprint density at radius 1 is 1.19 bits per heavy atom. The molecule has 2 N–H and O–H groups in total. The van der Waals surface area contributed by atoms with E-state index in [1.54, 1.807) is 0 Å². The standard InChI is InChI=1S/C15H22ClN3O2/c1-15(2,3)18-14(21)17-13(20)10-19(4)9-11-5-7-12(16)8-6-11/h5-8H,9-10H2,1-4H3,(H2,17,18,20,21). The van der Waals surface area contributed by atoms with Gasteiger partial charge in [0, 0.05) is 17.1 Å². The van der Waals surface area contributed by atoms with E-state index < -0.39 is 6.03 Å². The van der Waals surface area contributed by atoms with Crippen molar-refractivity contribution in [2.45, 2.75) is 32.9 Å². The van der Waals surface area contributed by atoms with E-state index in [2.05, 4.69) is 10.6 Å². The second kappa shape index (κ2) is 7.43. The molecule has 0 saturated carbocycles. The van der Waals surface area contributed by atoms with Crippen molar-refractivity contribution in [1.29, 1.82) is 0 Å². The summed E-state index contributed by atoms with van der Waals surface area (Å²) in [4.78, 5) is 25.2. The van der Waals surface area contributed by atoms with Gasteiger partial charge in [-0.3, -0.25) is 15.0 Å². The molecule has 0 bridgehead atoms. The zero-order chi connectivity index (χ0) is 16.0. The van der Waals surface area contributed by atoms with Crippen LogP contribution in [0.4, 0.5) is 4.79 Å². The molecule has 0 radical (unpaired) electrons. The Balaban J connectivity index is 2.40. The summed E-state index contributed by atoms with van der Waals surface area (Å²) in [7, 11) is 1.82.